The van der Waals surface area contributed by atoms with E-state index in [1.807, 2.05) is 40.1 Å². The summed E-state index contributed by atoms with van der Waals surface area (Å²) in [6, 6.07) is 0. The molecule has 0 saturated heterocycles. The Balaban J connectivity index is 0.000000509. The number of rotatable bonds is 0. The normalized spacial score (nSPS) is 15.2. The monoisotopic (exact) mass is 221 g/mol. The van der Waals surface area contributed by atoms with Gasteiger partial charge in [0.05, 0.1) is 0 Å². The van der Waals surface area contributed by atoms with Crippen molar-refractivity contribution in [2.24, 2.45) is 0 Å². The summed E-state index contributed by atoms with van der Waals surface area (Å²) >= 11 is 0. The van der Waals surface area contributed by atoms with Gasteiger partial charge in [-0.1, -0.05) is 41.5 Å². The first-order valence-corrected chi connectivity index (χ1v) is 6.55. The Hall–Kier alpha value is -0.850. The van der Waals surface area contributed by atoms with E-state index in [2.05, 4.69) is 25.8 Å². The average Bonchev–Trinajstić information content (AvgIpc) is 2.62. The van der Waals surface area contributed by atoms with Crippen LogP contribution in [0.3, 0.4) is 0 Å². The van der Waals surface area contributed by atoms with E-state index in [1.165, 1.54) is 29.5 Å². The molecule has 0 atom stereocenters. The van der Waals surface area contributed by atoms with Crippen molar-refractivity contribution >= 4 is 0 Å². The maximum Gasteiger partial charge on any atom is 0.0308 e. The fraction of sp³-hybridized carbons (Fsp3) is 0.667. The van der Waals surface area contributed by atoms with Gasteiger partial charge in [-0.2, -0.15) is 0 Å². The maximum atomic E-state index is 4.25. The van der Waals surface area contributed by atoms with Gasteiger partial charge in [0, 0.05) is 12.4 Å². The molecule has 1 nitrogen and oxygen atoms in total. The van der Waals surface area contributed by atoms with Gasteiger partial charge in [0.1, 0.15) is 0 Å². The van der Waals surface area contributed by atoms with E-state index >= 15 is 0 Å². The molecule has 0 bridgehead atoms. The van der Waals surface area contributed by atoms with Crippen LogP contribution >= 0.6 is 0 Å². The first-order valence-electron chi connectivity index (χ1n) is 6.55. The zero-order valence-electron chi connectivity index (χ0n) is 12.0. The van der Waals surface area contributed by atoms with Gasteiger partial charge in [0.2, 0.25) is 0 Å². The largest absolute Gasteiger partial charge is 0.264 e. The highest BCUT2D eigenvalue weighted by Gasteiger charge is 2.30. The molecular formula is C15H27N. The smallest absolute Gasteiger partial charge is 0.0308 e. The second-order valence-corrected chi connectivity index (χ2v) is 4.37. The highest BCUT2D eigenvalue weighted by Crippen LogP contribution is 2.38. The molecule has 1 aliphatic carbocycles. The topological polar surface area (TPSA) is 12.9 Å². The van der Waals surface area contributed by atoms with E-state index in [0.29, 0.717) is 5.41 Å². The minimum atomic E-state index is 0.356. The van der Waals surface area contributed by atoms with Crippen molar-refractivity contribution in [3.63, 3.8) is 0 Å². The van der Waals surface area contributed by atoms with Crippen LogP contribution in [0.25, 0.3) is 0 Å². The molecule has 0 N–H and O–H groups in total. The van der Waals surface area contributed by atoms with Gasteiger partial charge in [0.15, 0.2) is 0 Å². The zero-order valence-corrected chi connectivity index (χ0v) is 12.0. The second kappa shape index (κ2) is 6.67. The van der Waals surface area contributed by atoms with Crippen LogP contribution in [0.5, 0.6) is 0 Å². The SMILES string of the molecule is CC.CC.Cc1cncc2c1CCC2(C)C. The zero-order chi connectivity index (χ0) is 12.8. The Bertz CT molecular complexity index is 313. The molecule has 0 amide bonds. The summed E-state index contributed by atoms with van der Waals surface area (Å²) in [4.78, 5) is 4.25. The molecule has 0 unspecified atom stereocenters. The first kappa shape index (κ1) is 15.2. The van der Waals surface area contributed by atoms with Crippen LogP contribution in [0.1, 0.15) is 64.7 Å². The molecule has 1 aromatic heterocycles. The third kappa shape index (κ3) is 3.07. The molecular weight excluding hydrogens is 194 g/mol. The fourth-order valence-corrected chi connectivity index (χ4v) is 2.08. The Labute approximate surface area is 101 Å². The van der Waals surface area contributed by atoms with Crippen molar-refractivity contribution in [2.45, 2.75) is 66.7 Å². The molecule has 92 valence electrons. The third-order valence-electron chi connectivity index (χ3n) is 3.00. The lowest BCUT2D eigenvalue weighted by molar-refractivity contribution is 0.521. The van der Waals surface area contributed by atoms with E-state index in [4.69, 9.17) is 0 Å². The number of fused-ring (bicyclic) bond motifs is 1. The highest BCUT2D eigenvalue weighted by molar-refractivity contribution is 5.40. The number of pyridine rings is 1. The van der Waals surface area contributed by atoms with Crippen LogP contribution in [0.2, 0.25) is 0 Å². The van der Waals surface area contributed by atoms with E-state index in [-0.39, 0.29) is 0 Å². The van der Waals surface area contributed by atoms with Crippen molar-refractivity contribution in [1.82, 2.24) is 4.98 Å². The molecule has 1 heteroatoms. The van der Waals surface area contributed by atoms with Crippen LogP contribution in [0.15, 0.2) is 12.4 Å². The van der Waals surface area contributed by atoms with Crippen LogP contribution in [0.4, 0.5) is 0 Å². The predicted octanol–water partition coefficient (Wildman–Crippen LogP) is 4.67. The highest BCUT2D eigenvalue weighted by atomic mass is 14.6. The van der Waals surface area contributed by atoms with Crippen LogP contribution in [0, 0.1) is 6.92 Å². The lowest BCUT2D eigenvalue weighted by Gasteiger charge is -2.18. The molecule has 1 aromatic rings. The van der Waals surface area contributed by atoms with Crippen molar-refractivity contribution < 1.29 is 0 Å². The number of hydrogen-bond donors (Lipinski definition) is 0. The number of hydrogen-bond acceptors (Lipinski definition) is 1. The lowest BCUT2D eigenvalue weighted by Crippen LogP contribution is -2.12. The maximum absolute atomic E-state index is 4.25. The number of aryl methyl sites for hydroxylation is 1. The fourth-order valence-electron chi connectivity index (χ4n) is 2.08. The molecule has 2 rings (SSSR count). The molecule has 0 aromatic carbocycles. The summed E-state index contributed by atoms with van der Waals surface area (Å²) < 4.78 is 0. The van der Waals surface area contributed by atoms with Gasteiger partial charge in [-0.05, 0) is 41.9 Å². The van der Waals surface area contributed by atoms with E-state index < -0.39 is 0 Å². The molecule has 16 heavy (non-hydrogen) atoms. The van der Waals surface area contributed by atoms with Gasteiger partial charge in [-0.15, -0.1) is 0 Å². The number of aromatic nitrogens is 1. The standard InChI is InChI=1S/C11H15N.2C2H6/c1-8-6-12-7-10-9(8)4-5-11(10,2)3;2*1-2/h6-7H,4-5H2,1-3H3;2*1-2H3. The number of nitrogens with zero attached hydrogens (tertiary/aromatic N) is 1. The molecule has 0 radical (unpaired) electrons. The first-order chi connectivity index (χ1) is 7.61. The van der Waals surface area contributed by atoms with E-state index in [0.717, 1.165) is 0 Å². The van der Waals surface area contributed by atoms with Gasteiger partial charge in [0.25, 0.3) is 0 Å². The van der Waals surface area contributed by atoms with E-state index in [9.17, 15) is 0 Å². The minimum absolute atomic E-state index is 0.356. The quantitative estimate of drug-likeness (QED) is 0.620. The molecule has 0 aliphatic heterocycles. The lowest BCUT2D eigenvalue weighted by atomic mass is 9.87. The third-order valence-corrected chi connectivity index (χ3v) is 3.00. The van der Waals surface area contributed by atoms with Crippen molar-refractivity contribution in [1.29, 1.82) is 0 Å². The Kier molecular flexibility index (Phi) is 6.32. The van der Waals surface area contributed by atoms with Gasteiger partial charge >= 0.3 is 0 Å². The summed E-state index contributed by atoms with van der Waals surface area (Å²) in [5.41, 5.74) is 4.71. The molecule has 0 fully saturated rings. The molecule has 1 aliphatic rings. The summed E-state index contributed by atoms with van der Waals surface area (Å²) in [6.07, 6.45) is 6.52. The van der Waals surface area contributed by atoms with Crippen molar-refractivity contribution in [3.05, 3.63) is 29.1 Å². The van der Waals surface area contributed by atoms with Gasteiger partial charge in [-0.3, -0.25) is 4.98 Å². The summed E-state index contributed by atoms with van der Waals surface area (Å²) in [7, 11) is 0. The Morgan fingerprint density at radius 2 is 1.62 bits per heavy atom. The van der Waals surface area contributed by atoms with Crippen molar-refractivity contribution in [2.75, 3.05) is 0 Å². The summed E-state index contributed by atoms with van der Waals surface area (Å²) in [6.45, 7) is 14.8. The van der Waals surface area contributed by atoms with Gasteiger partial charge in [-0.25, -0.2) is 0 Å². The van der Waals surface area contributed by atoms with Crippen LogP contribution in [-0.4, -0.2) is 4.98 Å². The van der Waals surface area contributed by atoms with Crippen LogP contribution in [-0.2, 0) is 11.8 Å². The van der Waals surface area contributed by atoms with Crippen LogP contribution < -0.4 is 0 Å². The Morgan fingerprint density at radius 3 is 2.12 bits per heavy atom. The van der Waals surface area contributed by atoms with Gasteiger partial charge < -0.3 is 0 Å². The Morgan fingerprint density at radius 1 is 1.06 bits per heavy atom. The minimum Gasteiger partial charge on any atom is -0.264 e. The van der Waals surface area contributed by atoms with E-state index in [1.54, 1.807) is 0 Å². The average molecular weight is 221 g/mol. The molecule has 0 saturated carbocycles. The summed E-state index contributed by atoms with van der Waals surface area (Å²) in [5.74, 6) is 0. The molecule has 1 heterocycles. The predicted molar refractivity (Wildman–Crippen MR) is 73.0 cm³/mol. The summed E-state index contributed by atoms with van der Waals surface area (Å²) in [5, 5.41) is 0. The molecule has 0 spiro atoms. The van der Waals surface area contributed by atoms with Crippen molar-refractivity contribution in [3.8, 4) is 0 Å². The second-order valence-electron chi connectivity index (χ2n) is 4.37.